The van der Waals surface area contributed by atoms with Crippen molar-refractivity contribution in [1.82, 2.24) is 14.9 Å². The molecule has 0 bridgehead atoms. The van der Waals surface area contributed by atoms with E-state index in [2.05, 4.69) is 19.4 Å². The number of carboxylic acid groups (broad SMARTS) is 1. The van der Waals surface area contributed by atoms with Gasteiger partial charge in [-0.3, -0.25) is 4.79 Å². The Morgan fingerprint density at radius 1 is 1.56 bits per heavy atom. The summed E-state index contributed by atoms with van der Waals surface area (Å²) in [6.45, 7) is 0.101. The fourth-order valence-corrected chi connectivity index (χ4v) is 1.91. The molecule has 0 aliphatic rings. The molecule has 0 aliphatic heterocycles. The van der Waals surface area contributed by atoms with Crippen molar-refractivity contribution >= 4 is 16.0 Å². The van der Waals surface area contributed by atoms with Gasteiger partial charge in [-0.1, -0.05) is 5.16 Å². The van der Waals surface area contributed by atoms with E-state index in [1.165, 1.54) is 6.33 Å². The van der Waals surface area contributed by atoms with Gasteiger partial charge in [-0.15, -0.1) is 0 Å². The molecule has 2 N–H and O–H groups in total. The third-order valence-corrected chi connectivity index (χ3v) is 3.04. The Kier molecular flexibility index (Phi) is 4.38. The molecule has 0 saturated heterocycles. The van der Waals surface area contributed by atoms with Crippen LogP contribution >= 0.6 is 0 Å². The standard InChI is InChI=1S/C7H11N3O5S/c11-7(12)2-4-16(13,14)10-3-1-6-8-5-9-15-6/h5,10H,1-4H2,(H,11,12). The Bertz CT molecular complexity index is 427. The van der Waals surface area contributed by atoms with Gasteiger partial charge >= 0.3 is 5.97 Å². The maximum atomic E-state index is 11.2. The molecule has 0 fully saturated rings. The van der Waals surface area contributed by atoms with E-state index in [1.807, 2.05) is 0 Å². The molecule has 0 unspecified atom stereocenters. The maximum absolute atomic E-state index is 11.2. The minimum absolute atomic E-state index is 0.101. The summed E-state index contributed by atoms with van der Waals surface area (Å²) in [7, 11) is -3.55. The molecule has 16 heavy (non-hydrogen) atoms. The van der Waals surface area contributed by atoms with Crippen LogP contribution in [0.2, 0.25) is 0 Å². The summed E-state index contributed by atoms with van der Waals surface area (Å²) < 4.78 is 29.3. The van der Waals surface area contributed by atoms with Crippen molar-refractivity contribution in [3.8, 4) is 0 Å². The molecule has 8 nitrogen and oxygen atoms in total. The van der Waals surface area contributed by atoms with Crippen LogP contribution in [-0.2, 0) is 21.2 Å². The van der Waals surface area contributed by atoms with E-state index in [9.17, 15) is 13.2 Å². The van der Waals surface area contributed by atoms with Gasteiger partial charge in [0.25, 0.3) is 0 Å². The highest BCUT2D eigenvalue weighted by Gasteiger charge is 2.12. The van der Waals surface area contributed by atoms with E-state index in [4.69, 9.17) is 5.11 Å². The van der Waals surface area contributed by atoms with E-state index in [1.54, 1.807) is 0 Å². The highest BCUT2D eigenvalue weighted by Crippen LogP contribution is 1.93. The van der Waals surface area contributed by atoms with E-state index >= 15 is 0 Å². The number of carbonyl (C=O) groups is 1. The topological polar surface area (TPSA) is 122 Å². The van der Waals surface area contributed by atoms with Gasteiger partial charge in [0.15, 0.2) is 6.33 Å². The van der Waals surface area contributed by atoms with Gasteiger partial charge in [-0.05, 0) is 0 Å². The van der Waals surface area contributed by atoms with E-state index in [0.29, 0.717) is 5.89 Å². The molecule has 0 radical (unpaired) electrons. The van der Waals surface area contributed by atoms with Crippen LogP contribution < -0.4 is 4.72 Å². The third kappa shape index (κ3) is 4.84. The predicted octanol–water partition coefficient (Wildman–Crippen LogP) is -0.994. The van der Waals surface area contributed by atoms with Gasteiger partial charge in [0, 0.05) is 13.0 Å². The molecule has 1 aromatic heterocycles. The van der Waals surface area contributed by atoms with Crippen LogP contribution in [0.5, 0.6) is 0 Å². The number of carboxylic acids is 1. The molecular weight excluding hydrogens is 238 g/mol. The number of rotatable bonds is 7. The van der Waals surface area contributed by atoms with Gasteiger partial charge < -0.3 is 9.63 Å². The average molecular weight is 249 g/mol. The van der Waals surface area contributed by atoms with Crippen molar-refractivity contribution < 1.29 is 22.8 Å². The predicted molar refractivity (Wildman–Crippen MR) is 52.0 cm³/mol. The molecule has 1 heterocycles. The summed E-state index contributed by atoms with van der Waals surface area (Å²) in [4.78, 5) is 13.9. The lowest BCUT2D eigenvalue weighted by molar-refractivity contribution is -0.136. The first-order chi connectivity index (χ1) is 7.49. The van der Waals surface area contributed by atoms with Crippen molar-refractivity contribution in [1.29, 1.82) is 0 Å². The second kappa shape index (κ2) is 5.56. The van der Waals surface area contributed by atoms with E-state index < -0.39 is 28.2 Å². The largest absolute Gasteiger partial charge is 0.481 e. The van der Waals surface area contributed by atoms with Crippen LogP contribution in [0.25, 0.3) is 0 Å². The number of aromatic nitrogens is 2. The zero-order valence-electron chi connectivity index (χ0n) is 8.29. The SMILES string of the molecule is O=C(O)CCS(=O)(=O)NCCc1ncno1. The third-order valence-electron chi connectivity index (χ3n) is 1.65. The highest BCUT2D eigenvalue weighted by molar-refractivity contribution is 7.89. The average Bonchev–Trinajstić information content (AvgIpc) is 2.68. The van der Waals surface area contributed by atoms with Gasteiger partial charge in [-0.2, -0.15) is 4.98 Å². The van der Waals surface area contributed by atoms with E-state index in [-0.39, 0.29) is 13.0 Å². The zero-order valence-corrected chi connectivity index (χ0v) is 9.11. The van der Waals surface area contributed by atoms with Crippen molar-refractivity contribution in [3.63, 3.8) is 0 Å². The maximum Gasteiger partial charge on any atom is 0.304 e. The van der Waals surface area contributed by atoms with Crippen molar-refractivity contribution in [3.05, 3.63) is 12.2 Å². The molecule has 1 aromatic rings. The molecule has 9 heteroatoms. The molecule has 1 rings (SSSR count). The Balaban J connectivity index is 2.28. The second-order valence-electron chi connectivity index (χ2n) is 2.94. The summed E-state index contributed by atoms with van der Waals surface area (Å²) in [5.41, 5.74) is 0. The van der Waals surface area contributed by atoms with E-state index in [0.717, 1.165) is 0 Å². The fraction of sp³-hybridized carbons (Fsp3) is 0.571. The zero-order chi connectivity index (χ0) is 12.0. The summed E-state index contributed by atoms with van der Waals surface area (Å²) >= 11 is 0. The molecule has 0 aliphatic carbocycles. The highest BCUT2D eigenvalue weighted by atomic mass is 32.2. The molecular formula is C7H11N3O5S. The lowest BCUT2D eigenvalue weighted by Crippen LogP contribution is -2.29. The number of nitrogens with zero attached hydrogens (tertiary/aromatic N) is 2. The van der Waals surface area contributed by atoms with Crippen molar-refractivity contribution in [2.24, 2.45) is 0 Å². The lowest BCUT2D eigenvalue weighted by atomic mass is 10.4. The first-order valence-electron chi connectivity index (χ1n) is 4.44. The van der Waals surface area contributed by atoms with Crippen molar-refractivity contribution in [2.75, 3.05) is 12.3 Å². The molecule has 0 aromatic carbocycles. The van der Waals surface area contributed by atoms with Crippen LogP contribution in [0.1, 0.15) is 12.3 Å². The summed E-state index contributed by atoms with van der Waals surface area (Å²) in [5, 5.41) is 11.7. The molecule has 90 valence electrons. The van der Waals surface area contributed by atoms with Crippen LogP contribution in [0.3, 0.4) is 0 Å². The number of hydrogen-bond donors (Lipinski definition) is 2. The normalized spacial score (nSPS) is 11.5. The number of hydrogen-bond acceptors (Lipinski definition) is 6. The van der Waals surface area contributed by atoms with Crippen LogP contribution in [0, 0.1) is 0 Å². The number of aliphatic carboxylic acids is 1. The molecule has 0 spiro atoms. The molecule has 0 amide bonds. The molecule has 0 atom stereocenters. The summed E-state index contributed by atoms with van der Waals surface area (Å²) in [6.07, 6.45) is 1.07. The minimum atomic E-state index is -3.55. The van der Waals surface area contributed by atoms with Gasteiger partial charge in [0.1, 0.15) is 0 Å². The van der Waals surface area contributed by atoms with Crippen LogP contribution in [0.15, 0.2) is 10.9 Å². The number of nitrogens with one attached hydrogen (secondary N) is 1. The molecule has 0 saturated carbocycles. The van der Waals surface area contributed by atoms with Gasteiger partial charge in [0.05, 0.1) is 12.2 Å². The summed E-state index contributed by atoms with van der Waals surface area (Å²) in [5.74, 6) is -1.27. The van der Waals surface area contributed by atoms with Gasteiger partial charge in [-0.25, -0.2) is 13.1 Å². The smallest absolute Gasteiger partial charge is 0.304 e. The summed E-state index contributed by atoms with van der Waals surface area (Å²) in [6, 6.07) is 0. The minimum Gasteiger partial charge on any atom is -0.481 e. The van der Waals surface area contributed by atoms with Crippen LogP contribution in [-0.4, -0.2) is 41.9 Å². The Labute approximate surface area is 91.7 Å². The number of sulfonamides is 1. The fourth-order valence-electron chi connectivity index (χ4n) is 0.913. The van der Waals surface area contributed by atoms with Crippen molar-refractivity contribution in [2.45, 2.75) is 12.8 Å². The first kappa shape index (κ1) is 12.6. The first-order valence-corrected chi connectivity index (χ1v) is 6.09. The van der Waals surface area contributed by atoms with Crippen LogP contribution in [0.4, 0.5) is 0 Å². The quantitative estimate of drug-likeness (QED) is 0.635. The monoisotopic (exact) mass is 249 g/mol. The second-order valence-corrected chi connectivity index (χ2v) is 4.87. The Morgan fingerprint density at radius 2 is 2.31 bits per heavy atom. The Morgan fingerprint density at radius 3 is 2.88 bits per heavy atom. The lowest BCUT2D eigenvalue weighted by Gasteiger charge is -2.03. The van der Waals surface area contributed by atoms with Gasteiger partial charge in [0.2, 0.25) is 15.9 Å². The Hall–Kier alpha value is -1.48.